The van der Waals surface area contributed by atoms with Crippen LogP contribution in [0, 0.1) is 0 Å². The normalized spacial score (nSPS) is 16.0. The average Bonchev–Trinajstić information content (AvgIpc) is 2.73. The Morgan fingerprint density at radius 2 is 1.79 bits per heavy atom. The molecule has 0 radical (unpaired) electrons. The number of carbonyl (C=O) groups is 1. The SMILES string of the molecule is O=C(CCOc1cccc(O)c1)N1CCN(c2ccc3c(c2)OCCO3)CC1. The molecular weight excluding hydrogens is 360 g/mol. The highest BCUT2D eigenvalue weighted by Crippen LogP contribution is 2.34. The summed E-state index contributed by atoms with van der Waals surface area (Å²) in [6.45, 7) is 4.37. The second kappa shape index (κ2) is 8.29. The molecule has 0 aliphatic carbocycles. The van der Waals surface area contributed by atoms with Gasteiger partial charge in [-0.2, -0.15) is 0 Å². The second-order valence-electron chi connectivity index (χ2n) is 6.79. The van der Waals surface area contributed by atoms with Crippen LogP contribution in [0.3, 0.4) is 0 Å². The molecule has 0 bridgehead atoms. The first-order chi connectivity index (χ1) is 13.7. The van der Waals surface area contributed by atoms with Gasteiger partial charge in [-0.05, 0) is 24.3 Å². The van der Waals surface area contributed by atoms with Gasteiger partial charge in [0.05, 0.1) is 13.0 Å². The molecule has 1 N–H and O–H groups in total. The number of rotatable bonds is 5. The van der Waals surface area contributed by atoms with Crippen LogP contribution in [0.25, 0.3) is 0 Å². The maximum atomic E-state index is 12.4. The fourth-order valence-electron chi connectivity index (χ4n) is 3.43. The van der Waals surface area contributed by atoms with Gasteiger partial charge in [0.25, 0.3) is 0 Å². The molecule has 2 heterocycles. The largest absolute Gasteiger partial charge is 0.508 e. The number of fused-ring (bicyclic) bond motifs is 1. The summed E-state index contributed by atoms with van der Waals surface area (Å²) in [4.78, 5) is 16.6. The number of hydrogen-bond donors (Lipinski definition) is 1. The van der Waals surface area contributed by atoms with Crippen molar-refractivity contribution in [3.63, 3.8) is 0 Å². The van der Waals surface area contributed by atoms with Crippen molar-refractivity contribution in [2.45, 2.75) is 6.42 Å². The molecular formula is C21H24N2O5. The molecule has 7 heteroatoms. The van der Waals surface area contributed by atoms with E-state index in [1.54, 1.807) is 18.2 Å². The third-order valence-electron chi connectivity index (χ3n) is 4.93. The molecule has 0 aromatic heterocycles. The van der Waals surface area contributed by atoms with Crippen LogP contribution in [0.15, 0.2) is 42.5 Å². The van der Waals surface area contributed by atoms with E-state index in [0.717, 1.165) is 30.3 Å². The Morgan fingerprint density at radius 1 is 1.00 bits per heavy atom. The summed E-state index contributed by atoms with van der Waals surface area (Å²) in [5, 5.41) is 9.44. The minimum absolute atomic E-state index is 0.0852. The third-order valence-corrected chi connectivity index (χ3v) is 4.93. The number of ether oxygens (including phenoxy) is 3. The van der Waals surface area contributed by atoms with Gasteiger partial charge in [0.1, 0.15) is 24.7 Å². The number of hydrogen-bond acceptors (Lipinski definition) is 6. The number of phenolic OH excluding ortho intramolecular Hbond substituents is 1. The highest BCUT2D eigenvalue weighted by molar-refractivity contribution is 5.76. The lowest BCUT2D eigenvalue weighted by Gasteiger charge is -2.36. The van der Waals surface area contributed by atoms with Crippen molar-refractivity contribution in [2.75, 3.05) is 50.9 Å². The van der Waals surface area contributed by atoms with Gasteiger partial charge in [-0.1, -0.05) is 6.07 Å². The van der Waals surface area contributed by atoms with Crippen molar-refractivity contribution in [2.24, 2.45) is 0 Å². The minimum Gasteiger partial charge on any atom is -0.508 e. The van der Waals surface area contributed by atoms with Crippen molar-refractivity contribution >= 4 is 11.6 Å². The molecule has 0 unspecified atom stereocenters. The predicted octanol–water partition coefficient (Wildman–Crippen LogP) is 2.28. The van der Waals surface area contributed by atoms with E-state index in [1.807, 2.05) is 23.1 Å². The van der Waals surface area contributed by atoms with Gasteiger partial charge in [-0.25, -0.2) is 0 Å². The summed E-state index contributed by atoms with van der Waals surface area (Å²) in [7, 11) is 0. The molecule has 1 fully saturated rings. The molecule has 4 rings (SSSR count). The summed E-state index contributed by atoms with van der Waals surface area (Å²) in [5.74, 6) is 2.37. The molecule has 7 nitrogen and oxygen atoms in total. The quantitative estimate of drug-likeness (QED) is 0.853. The molecule has 28 heavy (non-hydrogen) atoms. The summed E-state index contributed by atoms with van der Waals surface area (Å²) >= 11 is 0. The van der Waals surface area contributed by atoms with Crippen molar-refractivity contribution in [1.82, 2.24) is 4.90 Å². The van der Waals surface area contributed by atoms with E-state index >= 15 is 0 Å². The molecule has 148 valence electrons. The van der Waals surface area contributed by atoms with Crippen LogP contribution >= 0.6 is 0 Å². The minimum atomic E-state index is 0.0852. The topological polar surface area (TPSA) is 71.5 Å². The Hall–Kier alpha value is -3.09. The number of phenols is 1. The van der Waals surface area contributed by atoms with E-state index in [4.69, 9.17) is 14.2 Å². The van der Waals surface area contributed by atoms with Gasteiger partial charge < -0.3 is 29.1 Å². The summed E-state index contributed by atoms with van der Waals surface area (Å²) in [5.41, 5.74) is 1.09. The number of amides is 1. The van der Waals surface area contributed by atoms with Crippen molar-refractivity contribution in [3.05, 3.63) is 42.5 Å². The van der Waals surface area contributed by atoms with Gasteiger partial charge >= 0.3 is 0 Å². The predicted molar refractivity (Wildman–Crippen MR) is 104 cm³/mol. The average molecular weight is 384 g/mol. The number of nitrogens with zero attached hydrogens (tertiary/aromatic N) is 2. The Balaban J connectivity index is 1.25. The van der Waals surface area contributed by atoms with E-state index in [1.165, 1.54) is 6.07 Å². The van der Waals surface area contributed by atoms with E-state index in [2.05, 4.69) is 4.90 Å². The van der Waals surface area contributed by atoms with Crippen LogP contribution in [0.2, 0.25) is 0 Å². The van der Waals surface area contributed by atoms with Crippen LogP contribution in [-0.2, 0) is 4.79 Å². The van der Waals surface area contributed by atoms with Gasteiger partial charge in [-0.3, -0.25) is 4.79 Å². The summed E-state index contributed by atoms with van der Waals surface area (Å²) in [6, 6.07) is 12.6. The molecule has 0 atom stereocenters. The fraction of sp³-hybridized carbons (Fsp3) is 0.381. The molecule has 1 saturated heterocycles. The smallest absolute Gasteiger partial charge is 0.226 e. The highest BCUT2D eigenvalue weighted by atomic mass is 16.6. The van der Waals surface area contributed by atoms with E-state index < -0.39 is 0 Å². The Labute approximate surface area is 164 Å². The van der Waals surface area contributed by atoms with Gasteiger partial charge in [0, 0.05) is 44.0 Å². The number of benzene rings is 2. The van der Waals surface area contributed by atoms with Crippen LogP contribution in [0.1, 0.15) is 6.42 Å². The monoisotopic (exact) mass is 384 g/mol. The van der Waals surface area contributed by atoms with Crippen molar-refractivity contribution < 1.29 is 24.1 Å². The molecule has 2 aromatic rings. The highest BCUT2D eigenvalue weighted by Gasteiger charge is 2.22. The van der Waals surface area contributed by atoms with Crippen LogP contribution in [0.5, 0.6) is 23.0 Å². The molecule has 2 aromatic carbocycles. The van der Waals surface area contributed by atoms with Gasteiger partial charge in [0.15, 0.2) is 11.5 Å². The van der Waals surface area contributed by atoms with Crippen LogP contribution in [-0.4, -0.2) is 61.9 Å². The van der Waals surface area contributed by atoms with Crippen LogP contribution < -0.4 is 19.1 Å². The van der Waals surface area contributed by atoms with E-state index in [-0.39, 0.29) is 11.7 Å². The number of carbonyl (C=O) groups excluding carboxylic acids is 1. The molecule has 2 aliphatic rings. The summed E-state index contributed by atoms with van der Waals surface area (Å²) in [6.07, 6.45) is 0.319. The Bertz CT molecular complexity index is 833. The van der Waals surface area contributed by atoms with Crippen molar-refractivity contribution in [3.8, 4) is 23.0 Å². The first-order valence-corrected chi connectivity index (χ1v) is 9.53. The molecule has 0 saturated carbocycles. The third kappa shape index (κ3) is 4.24. The first kappa shape index (κ1) is 18.3. The summed E-state index contributed by atoms with van der Waals surface area (Å²) < 4.78 is 16.8. The lowest BCUT2D eigenvalue weighted by Crippen LogP contribution is -2.49. The fourth-order valence-corrected chi connectivity index (χ4v) is 3.43. The zero-order chi connectivity index (χ0) is 19.3. The van der Waals surface area contributed by atoms with Crippen molar-refractivity contribution in [1.29, 1.82) is 0 Å². The first-order valence-electron chi connectivity index (χ1n) is 9.53. The number of aromatic hydroxyl groups is 1. The number of anilines is 1. The van der Waals surface area contributed by atoms with Gasteiger partial charge in [-0.15, -0.1) is 0 Å². The van der Waals surface area contributed by atoms with E-state index in [0.29, 0.717) is 45.1 Å². The lowest BCUT2D eigenvalue weighted by molar-refractivity contribution is -0.132. The second-order valence-corrected chi connectivity index (χ2v) is 6.79. The Kier molecular flexibility index (Phi) is 5.41. The van der Waals surface area contributed by atoms with Gasteiger partial charge in [0.2, 0.25) is 5.91 Å². The molecule has 1 amide bonds. The zero-order valence-corrected chi connectivity index (χ0v) is 15.7. The molecule has 0 spiro atoms. The Morgan fingerprint density at radius 3 is 2.57 bits per heavy atom. The van der Waals surface area contributed by atoms with E-state index in [9.17, 15) is 9.90 Å². The standard InChI is InChI=1S/C21H24N2O5/c24-17-2-1-3-18(15-17)26-11-6-21(25)23-9-7-22(8-10-23)16-4-5-19-20(14-16)28-13-12-27-19/h1-5,14-15,24H,6-13H2. The lowest BCUT2D eigenvalue weighted by atomic mass is 10.2. The maximum absolute atomic E-state index is 12.4. The molecule has 2 aliphatic heterocycles. The van der Waals surface area contributed by atoms with Crippen LogP contribution in [0.4, 0.5) is 5.69 Å². The maximum Gasteiger partial charge on any atom is 0.226 e. The number of piperazine rings is 1. The zero-order valence-electron chi connectivity index (χ0n) is 15.7.